The van der Waals surface area contributed by atoms with Gasteiger partial charge < -0.3 is 34.4 Å². The fourth-order valence-corrected chi connectivity index (χ4v) is 6.50. The maximum atomic E-state index is 14.6. The number of rotatable bonds is 8. The summed E-state index contributed by atoms with van der Waals surface area (Å²) in [6.07, 6.45) is -1.96. The third-order valence-electron chi connectivity index (χ3n) is 8.15. The molecule has 3 N–H and O–H groups in total. The minimum absolute atomic E-state index is 0.246. The smallest absolute Gasteiger partial charge is 0.259 e. The second-order valence-corrected chi connectivity index (χ2v) is 11.8. The van der Waals surface area contributed by atoms with Crippen LogP contribution < -0.4 is 9.64 Å². The van der Waals surface area contributed by atoms with Crippen LogP contribution in [0.4, 0.5) is 10.1 Å². The maximum Gasteiger partial charge on any atom is 0.259 e. The van der Waals surface area contributed by atoms with Crippen molar-refractivity contribution in [2.75, 3.05) is 25.7 Å². The van der Waals surface area contributed by atoms with E-state index in [-0.39, 0.29) is 5.56 Å². The summed E-state index contributed by atoms with van der Waals surface area (Å²) in [5, 5.41) is 50.5. The van der Waals surface area contributed by atoms with Gasteiger partial charge in [-0.2, -0.15) is 5.26 Å². The first kappa shape index (κ1) is 32.0. The first-order chi connectivity index (χ1) is 21.2. The Kier molecular flexibility index (Phi) is 9.94. The molecule has 1 saturated carbocycles. The zero-order valence-electron chi connectivity index (χ0n) is 24.1. The number of amides is 1. The minimum Gasteiger partial charge on any atom is -0.497 e. The minimum atomic E-state index is -1.38. The van der Waals surface area contributed by atoms with Crippen LogP contribution in [-0.4, -0.2) is 93.6 Å². The van der Waals surface area contributed by atoms with Crippen LogP contribution in [0.25, 0.3) is 11.3 Å². The highest BCUT2D eigenvalue weighted by Gasteiger charge is 2.52. The summed E-state index contributed by atoms with van der Waals surface area (Å²) >= 11 is 3.27. The van der Waals surface area contributed by atoms with Crippen molar-refractivity contribution in [1.82, 2.24) is 15.0 Å². The number of hydrogen-bond acceptors (Lipinski definition) is 10. The first-order valence-electron chi connectivity index (χ1n) is 14.1. The number of aliphatic hydroxyl groups excluding tert-OH is 3. The number of nitriles is 1. The fourth-order valence-electron chi connectivity index (χ4n) is 6.03. The van der Waals surface area contributed by atoms with Crippen molar-refractivity contribution >= 4 is 27.5 Å². The quantitative estimate of drug-likeness (QED) is 0.324. The van der Waals surface area contributed by atoms with Gasteiger partial charge in [0.1, 0.15) is 41.6 Å². The number of aromatic nitrogens is 3. The van der Waals surface area contributed by atoms with Gasteiger partial charge in [-0.1, -0.05) is 34.0 Å². The molecular weight excluding hydrogens is 641 g/mol. The van der Waals surface area contributed by atoms with Crippen LogP contribution in [0.2, 0.25) is 0 Å². The van der Waals surface area contributed by atoms with Gasteiger partial charge in [-0.25, -0.2) is 9.07 Å². The molecule has 0 bridgehead atoms. The molecule has 14 heteroatoms. The molecule has 1 aliphatic heterocycles. The molecule has 44 heavy (non-hydrogen) atoms. The zero-order chi connectivity index (χ0) is 31.5. The van der Waals surface area contributed by atoms with Gasteiger partial charge in [0.05, 0.1) is 43.7 Å². The molecule has 2 aliphatic rings. The lowest BCUT2D eigenvalue weighted by molar-refractivity contribution is -0.211. The van der Waals surface area contributed by atoms with Gasteiger partial charge in [0.25, 0.3) is 5.91 Å². The molecule has 2 aromatic carbocycles. The molecular formula is C30H33BrFN5O7. The summed E-state index contributed by atoms with van der Waals surface area (Å²) in [6, 6.07) is 9.27. The number of halogens is 2. The van der Waals surface area contributed by atoms with E-state index in [0.717, 1.165) is 12.8 Å². The number of anilines is 1. The van der Waals surface area contributed by atoms with Gasteiger partial charge in [0.2, 0.25) is 0 Å². The number of carbonyl (C=O) groups excluding carboxylic acids is 1. The largest absolute Gasteiger partial charge is 0.497 e. The first-order valence-corrected chi connectivity index (χ1v) is 14.9. The van der Waals surface area contributed by atoms with Crippen molar-refractivity contribution < 1.29 is 38.7 Å². The van der Waals surface area contributed by atoms with Gasteiger partial charge >= 0.3 is 0 Å². The molecule has 3 aromatic rings. The van der Waals surface area contributed by atoms with E-state index in [4.69, 9.17) is 14.2 Å². The van der Waals surface area contributed by atoms with Crippen molar-refractivity contribution in [2.24, 2.45) is 0 Å². The molecule has 1 aromatic heterocycles. The van der Waals surface area contributed by atoms with Crippen LogP contribution >= 0.6 is 15.9 Å². The van der Waals surface area contributed by atoms with Crippen molar-refractivity contribution in [3.05, 3.63) is 58.4 Å². The lowest BCUT2D eigenvalue weighted by atomic mass is 9.88. The van der Waals surface area contributed by atoms with Crippen LogP contribution in [0.1, 0.15) is 37.3 Å². The maximum absolute atomic E-state index is 14.6. The second kappa shape index (κ2) is 13.7. The van der Waals surface area contributed by atoms with Crippen molar-refractivity contribution in [3.63, 3.8) is 0 Å². The van der Waals surface area contributed by atoms with Gasteiger partial charge in [-0.15, -0.1) is 5.10 Å². The standard InChI is InChI=1S/C30H33BrFN5O7/c1-42-21-8-16(13-33)7-20(12-21)37(23-5-3-4-6-24(23)39)30(41)29-28(43-2)26(27(40)25(15-38)44-29)36-14-22(34-35-36)17-9-18(31)11-19(32)10-17/h7-12,14,23-29,38-40H,3-6,15H2,1-2H3/t23-,24-,25+,26-,27-,28+,29+/m0/s1. The van der Waals surface area contributed by atoms with Gasteiger partial charge in [-0.05, 0) is 43.2 Å². The normalized spacial score (nSPS) is 27.0. The predicted molar refractivity (Wildman–Crippen MR) is 158 cm³/mol. The predicted octanol–water partition coefficient (Wildman–Crippen LogP) is 2.74. The number of hydrogen-bond donors (Lipinski definition) is 3. The molecule has 7 atom stereocenters. The molecule has 1 saturated heterocycles. The average Bonchev–Trinajstić information content (AvgIpc) is 3.51. The summed E-state index contributed by atoms with van der Waals surface area (Å²) in [4.78, 5) is 16.0. The van der Waals surface area contributed by atoms with E-state index in [1.165, 1.54) is 54.3 Å². The van der Waals surface area contributed by atoms with Crippen molar-refractivity contribution in [2.45, 2.75) is 68.3 Å². The Hall–Kier alpha value is -3.45. The molecule has 1 amide bonds. The fraction of sp³-hybridized carbons (Fsp3) is 0.467. The number of methoxy groups -OCH3 is 2. The molecule has 0 radical (unpaired) electrons. The highest BCUT2D eigenvalue weighted by Crippen LogP contribution is 2.37. The van der Waals surface area contributed by atoms with Gasteiger partial charge in [-0.3, -0.25) is 4.79 Å². The van der Waals surface area contributed by atoms with Crippen LogP contribution in [0, 0.1) is 17.1 Å². The Morgan fingerprint density at radius 1 is 1.20 bits per heavy atom. The molecule has 1 aliphatic carbocycles. The van der Waals surface area contributed by atoms with Crippen LogP contribution in [0.15, 0.2) is 47.1 Å². The van der Waals surface area contributed by atoms with E-state index in [0.29, 0.717) is 40.0 Å². The summed E-state index contributed by atoms with van der Waals surface area (Å²) in [5.41, 5.74) is 1.29. The summed E-state index contributed by atoms with van der Waals surface area (Å²) < 4.78 is 33.1. The Morgan fingerprint density at radius 2 is 1.98 bits per heavy atom. The lowest BCUT2D eigenvalue weighted by Gasteiger charge is -2.46. The highest BCUT2D eigenvalue weighted by molar-refractivity contribution is 9.10. The molecule has 12 nitrogen and oxygen atoms in total. The van der Waals surface area contributed by atoms with E-state index in [2.05, 4.69) is 32.3 Å². The van der Waals surface area contributed by atoms with Gasteiger partial charge in [0, 0.05) is 28.9 Å². The third-order valence-corrected chi connectivity index (χ3v) is 8.61. The SMILES string of the molecule is COc1cc(C#N)cc(N(C(=O)[C@@H]2O[C@H](CO)[C@H](O)[C@H](n3cc(-c4cc(F)cc(Br)c4)nn3)[C@H]2OC)[C@H]2CCCC[C@@H]2O)c1. The average molecular weight is 675 g/mol. The Labute approximate surface area is 261 Å². The molecule has 2 heterocycles. The molecule has 0 unspecified atom stereocenters. The highest BCUT2D eigenvalue weighted by atomic mass is 79.9. The van der Waals surface area contributed by atoms with Crippen LogP contribution in [-0.2, 0) is 14.3 Å². The van der Waals surface area contributed by atoms with Gasteiger partial charge in [0.15, 0.2) is 6.10 Å². The van der Waals surface area contributed by atoms with Crippen molar-refractivity contribution in [1.29, 1.82) is 5.26 Å². The molecule has 5 rings (SSSR count). The zero-order valence-corrected chi connectivity index (χ0v) is 25.7. The third kappa shape index (κ3) is 6.35. The van der Waals surface area contributed by atoms with E-state index >= 15 is 0 Å². The Bertz CT molecular complexity index is 1510. The lowest BCUT2D eigenvalue weighted by Crippen LogP contribution is -2.63. The second-order valence-electron chi connectivity index (χ2n) is 10.9. The Morgan fingerprint density at radius 3 is 2.64 bits per heavy atom. The molecule has 0 spiro atoms. The summed E-state index contributed by atoms with van der Waals surface area (Å²) in [6.45, 7) is -0.625. The topological polar surface area (TPSA) is 163 Å². The monoisotopic (exact) mass is 673 g/mol. The van der Waals surface area contributed by atoms with E-state index in [9.17, 15) is 29.8 Å². The number of aliphatic hydroxyl groups is 3. The van der Waals surface area contributed by atoms with Crippen molar-refractivity contribution in [3.8, 4) is 23.1 Å². The van der Waals surface area contributed by atoms with E-state index in [1.54, 1.807) is 12.1 Å². The molecule has 234 valence electrons. The Balaban J connectivity index is 1.57. The van der Waals surface area contributed by atoms with Crippen LogP contribution in [0.5, 0.6) is 5.75 Å². The number of ether oxygens (including phenoxy) is 3. The number of benzene rings is 2. The number of carbonyl (C=O) groups is 1. The summed E-state index contributed by atoms with van der Waals surface area (Å²) in [5.74, 6) is -0.752. The van der Waals surface area contributed by atoms with E-state index in [1.807, 2.05) is 0 Å². The summed E-state index contributed by atoms with van der Waals surface area (Å²) in [7, 11) is 2.80. The molecule has 2 fully saturated rings. The van der Waals surface area contributed by atoms with E-state index < -0.39 is 60.9 Å². The van der Waals surface area contributed by atoms with Crippen LogP contribution in [0.3, 0.4) is 0 Å². The number of nitrogens with zero attached hydrogens (tertiary/aromatic N) is 5.